The van der Waals surface area contributed by atoms with Crippen molar-refractivity contribution >= 4 is 48.5 Å². The Morgan fingerprint density at radius 3 is 3.05 bits per heavy atom. The van der Waals surface area contributed by atoms with Gasteiger partial charge < -0.3 is 9.47 Å². The fraction of sp³-hybridized carbons (Fsp3) is 0.333. The number of fused-ring (bicyclic) bond motifs is 1. The third kappa shape index (κ3) is 3.12. The second kappa shape index (κ2) is 6.42. The van der Waals surface area contributed by atoms with Crippen molar-refractivity contribution in [3.8, 4) is 5.75 Å². The summed E-state index contributed by atoms with van der Waals surface area (Å²) in [6.45, 7) is 1.20. The standard InChI is InChI=1S/C15H13Br2NO3/c16-11-6-12(17)15(14-10(11)2-1-4-18-14)21-8-13(19)9-3-5-20-7-9/h1-2,4,6,9H,3,5,7-8H2. The molecular weight excluding hydrogens is 402 g/mol. The minimum atomic E-state index is -0.0431. The number of carbonyl (C=O) groups excluding carboxylic acids is 1. The van der Waals surface area contributed by atoms with Crippen LogP contribution in [0.2, 0.25) is 0 Å². The number of hydrogen-bond donors (Lipinski definition) is 0. The Labute approximate surface area is 139 Å². The van der Waals surface area contributed by atoms with Gasteiger partial charge in [-0.2, -0.15) is 0 Å². The van der Waals surface area contributed by atoms with E-state index < -0.39 is 0 Å². The number of halogens is 2. The lowest BCUT2D eigenvalue weighted by molar-refractivity contribution is -0.124. The third-order valence-corrected chi connectivity index (χ3v) is 4.74. The van der Waals surface area contributed by atoms with E-state index in [0.717, 1.165) is 26.3 Å². The summed E-state index contributed by atoms with van der Waals surface area (Å²) < 4.78 is 12.7. The van der Waals surface area contributed by atoms with Crippen LogP contribution in [-0.4, -0.2) is 30.6 Å². The molecule has 110 valence electrons. The van der Waals surface area contributed by atoms with Crippen LogP contribution in [0.3, 0.4) is 0 Å². The molecule has 1 unspecified atom stereocenters. The highest BCUT2D eigenvalue weighted by molar-refractivity contribution is 9.11. The van der Waals surface area contributed by atoms with Crippen molar-refractivity contribution in [3.05, 3.63) is 33.3 Å². The highest BCUT2D eigenvalue weighted by Crippen LogP contribution is 2.37. The number of hydrogen-bond acceptors (Lipinski definition) is 4. The van der Waals surface area contributed by atoms with Gasteiger partial charge >= 0.3 is 0 Å². The number of nitrogens with zero attached hydrogens (tertiary/aromatic N) is 1. The van der Waals surface area contributed by atoms with Crippen molar-refractivity contribution in [1.29, 1.82) is 0 Å². The summed E-state index contributed by atoms with van der Waals surface area (Å²) in [6.07, 6.45) is 2.49. The molecule has 6 heteroatoms. The predicted molar refractivity (Wildman–Crippen MR) is 86.6 cm³/mol. The number of ketones is 1. The zero-order valence-corrected chi connectivity index (χ0v) is 14.3. The van der Waals surface area contributed by atoms with E-state index in [1.807, 2.05) is 18.2 Å². The molecule has 0 amide bonds. The lowest BCUT2D eigenvalue weighted by atomic mass is 10.0. The predicted octanol–water partition coefficient (Wildman–Crippen LogP) is 3.74. The molecule has 1 aromatic heterocycles. The molecule has 1 atom stereocenters. The van der Waals surface area contributed by atoms with Crippen LogP contribution in [0.1, 0.15) is 6.42 Å². The molecule has 1 aromatic carbocycles. The van der Waals surface area contributed by atoms with E-state index in [1.165, 1.54) is 0 Å². The van der Waals surface area contributed by atoms with Gasteiger partial charge in [0.05, 0.1) is 11.1 Å². The Morgan fingerprint density at radius 2 is 2.29 bits per heavy atom. The molecule has 1 aliphatic heterocycles. The van der Waals surface area contributed by atoms with Crippen LogP contribution >= 0.6 is 31.9 Å². The number of aromatic nitrogens is 1. The quantitative estimate of drug-likeness (QED) is 0.764. The second-order valence-corrected chi connectivity index (χ2v) is 6.59. The first-order chi connectivity index (χ1) is 10.2. The monoisotopic (exact) mass is 413 g/mol. The fourth-order valence-electron chi connectivity index (χ4n) is 2.33. The topological polar surface area (TPSA) is 48.4 Å². The van der Waals surface area contributed by atoms with Gasteiger partial charge in [-0.25, -0.2) is 0 Å². The normalized spacial score (nSPS) is 18.1. The molecule has 0 saturated carbocycles. The zero-order chi connectivity index (χ0) is 14.8. The van der Waals surface area contributed by atoms with Crippen LogP contribution in [0.25, 0.3) is 10.9 Å². The highest BCUT2D eigenvalue weighted by atomic mass is 79.9. The first kappa shape index (κ1) is 14.9. The van der Waals surface area contributed by atoms with E-state index in [4.69, 9.17) is 9.47 Å². The Kier molecular flexibility index (Phi) is 4.57. The van der Waals surface area contributed by atoms with Gasteiger partial charge in [0.1, 0.15) is 12.1 Å². The average Bonchev–Trinajstić information content (AvgIpc) is 3.01. The molecule has 0 bridgehead atoms. The second-order valence-electron chi connectivity index (χ2n) is 4.88. The molecular formula is C15H13Br2NO3. The maximum atomic E-state index is 12.1. The van der Waals surface area contributed by atoms with Crippen molar-refractivity contribution in [2.75, 3.05) is 19.8 Å². The number of Topliss-reactive ketones (excluding diaryl/α,β-unsaturated/α-hetero) is 1. The van der Waals surface area contributed by atoms with E-state index >= 15 is 0 Å². The summed E-state index contributed by atoms with van der Waals surface area (Å²) in [5, 5.41) is 0.951. The van der Waals surface area contributed by atoms with Crippen molar-refractivity contribution in [1.82, 2.24) is 4.98 Å². The summed E-state index contributed by atoms with van der Waals surface area (Å²) in [5.74, 6) is 0.630. The van der Waals surface area contributed by atoms with E-state index in [9.17, 15) is 4.79 Å². The Hall–Kier alpha value is -0.980. The van der Waals surface area contributed by atoms with E-state index in [1.54, 1.807) is 6.20 Å². The molecule has 4 nitrogen and oxygen atoms in total. The third-order valence-electron chi connectivity index (χ3n) is 3.49. The fourth-order valence-corrected chi connectivity index (χ4v) is 3.72. The molecule has 1 saturated heterocycles. The Balaban J connectivity index is 1.85. The first-order valence-corrected chi connectivity index (χ1v) is 8.21. The molecule has 3 rings (SSSR count). The molecule has 1 fully saturated rings. The Bertz CT molecular complexity index is 684. The Morgan fingerprint density at radius 1 is 1.43 bits per heavy atom. The minimum absolute atomic E-state index is 0.0416. The highest BCUT2D eigenvalue weighted by Gasteiger charge is 2.24. The van der Waals surface area contributed by atoms with E-state index in [-0.39, 0.29) is 18.3 Å². The molecule has 1 aliphatic rings. The van der Waals surface area contributed by atoms with Crippen LogP contribution in [0.4, 0.5) is 0 Å². The van der Waals surface area contributed by atoms with Gasteiger partial charge in [0.15, 0.2) is 11.5 Å². The van der Waals surface area contributed by atoms with Crippen LogP contribution < -0.4 is 4.74 Å². The van der Waals surface area contributed by atoms with Crippen LogP contribution in [-0.2, 0) is 9.53 Å². The molecule has 0 radical (unpaired) electrons. The summed E-state index contributed by atoms with van der Waals surface area (Å²) in [5.41, 5.74) is 0.731. The SMILES string of the molecule is O=C(COc1c(Br)cc(Br)c2cccnc12)C1CCOC1. The summed E-state index contributed by atoms with van der Waals surface area (Å²) in [4.78, 5) is 16.4. The van der Waals surface area contributed by atoms with Gasteiger partial charge in [0.2, 0.25) is 0 Å². The van der Waals surface area contributed by atoms with Crippen molar-refractivity contribution < 1.29 is 14.3 Å². The van der Waals surface area contributed by atoms with Crippen molar-refractivity contribution in [3.63, 3.8) is 0 Å². The number of benzene rings is 1. The average molecular weight is 415 g/mol. The van der Waals surface area contributed by atoms with Gasteiger partial charge in [-0.05, 0) is 34.5 Å². The van der Waals surface area contributed by atoms with Crippen molar-refractivity contribution in [2.45, 2.75) is 6.42 Å². The van der Waals surface area contributed by atoms with Crippen LogP contribution in [0.15, 0.2) is 33.3 Å². The van der Waals surface area contributed by atoms with Gasteiger partial charge in [-0.1, -0.05) is 22.0 Å². The lowest BCUT2D eigenvalue weighted by Crippen LogP contribution is -2.21. The number of ether oxygens (including phenoxy) is 2. The molecule has 21 heavy (non-hydrogen) atoms. The molecule has 2 heterocycles. The van der Waals surface area contributed by atoms with E-state index in [2.05, 4.69) is 36.8 Å². The summed E-state index contributed by atoms with van der Waals surface area (Å²) >= 11 is 6.98. The van der Waals surface area contributed by atoms with E-state index in [0.29, 0.717) is 19.0 Å². The van der Waals surface area contributed by atoms with Gasteiger partial charge in [-0.3, -0.25) is 9.78 Å². The minimum Gasteiger partial charge on any atom is -0.482 e. The maximum Gasteiger partial charge on any atom is 0.175 e. The summed E-state index contributed by atoms with van der Waals surface area (Å²) in [7, 11) is 0. The number of carbonyl (C=O) groups is 1. The number of rotatable bonds is 4. The smallest absolute Gasteiger partial charge is 0.175 e. The molecule has 2 aromatic rings. The molecule has 0 spiro atoms. The van der Waals surface area contributed by atoms with Crippen LogP contribution in [0, 0.1) is 5.92 Å². The van der Waals surface area contributed by atoms with Crippen molar-refractivity contribution in [2.24, 2.45) is 5.92 Å². The number of pyridine rings is 1. The molecule has 0 aliphatic carbocycles. The zero-order valence-electron chi connectivity index (χ0n) is 11.1. The van der Waals surface area contributed by atoms with Gasteiger partial charge in [0, 0.05) is 28.6 Å². The largest absolute Gasteiger partial charge is 0.482 e. The summed E-state index contributed by atoms with van der Waals surface area (Å²) in [6, 6.07) is 5.73. The van der Waals surface area contributed by atoms with Gasteiger partial charge in [0.25, 0.3) is 0 Å². The first-order valence-electron chi connectivity index (χ1n) is 6.63. The van der Waals surface area contributed by atoms with Crippen LogP contribution in [0.5, 0.6) is 5.75 Å². The lowest BCUT2D eigenvalue weighted by Gasteiger charge is -2.13. The van der Waals surface area contributed by atoms with Gasteiger partial charge in [-0.15, -0.1) is 0 Å². The maximum absolute atomic E-state index is 12.1. The molecule has 0 N–H and O–H groups in total.